The highest BCUT2D eigenvalue weighted by Gasteiger charge is 2.30. The average Bonchev–Trinajstić information content (AvgIpc) is 2.31. The third-order valence-electron chi connectivity index (χ3n) is 1.62. The van der Waals surface area contributed by atoms with Gasteiger partial charge >= 0.3 is 0 Å². The molecule has 0 bridgehead atoms. The van der Waals surface area contributed by atoms with E-state index in [1.165, 1.54) is 0 Å². The quantitative estimate of drug-likeness (QED) is 0.362. The van der Waals surface area contributed by atoms with Crippen LogP contribution in [-0.4, -0.2) is 25.0 Å². The second-order valence-corrected chi connectivity index (χ2v) is 2.64. The van der Waals surface area contributed by atoms with Crippen LogP contribution in [0.25, 0.3) is 0 Å². The fraction of sp³-hybridized carbons (Fsp3) is 0.500. The Morgan fingerprint density at radius 3 is 2.92 bits per heavy atom. The van der Waals surface area contributed by atoms with Crippen molar-refractivity contribution in [2.24, 2.45) is 5.92 Å². The van der Waals surface area contributed by atoms with Crippen LogP contribution in [0, 0.1) is 5.92 Å². The van der Waals surface area contributed by atoms with Gasteiger partial charge in [0.25, 0.3) is 0 Å². The second kappa shape index (κ2) is 4.01. The lowest BCUT2D eigenvalue weighted by Gasteiger charge is -2.04. The van der Waals surface area contributed by atoms with Crippen LogP contribution in [-0.2, 0) is 14.3 Å². The second-order valence-electron chi connectivity index (χ2n) is 2.64. The molecule has 1 unspecified atom stereocenters. The van der Waals surface area contributed by atoms with Crippen LogP contribution < -0.4 is 5.32 Å². The maximum absolute atomic E-state index is 10.9. The molecule has 0 aromatic rings. The molecule has 0 aliphatic carbocycles. The van der Waals surface area contributed by atoms with E-state index in [-0.39, 0.29) is 24.2 Å². The van der Waals surface area contributed by atoms with Crippen molar-refractivity contribution in [2.75, 3.05) is 13.2 Å². The summed E-state index contributed by atoms with van der Waals surface area (Å²) in [5, 5.41) is 2.21. The Kier molecular flexibility index (Phi) is 2.99. The SMILES string of the molecule is C=CCOCC1CC(=O)NC1=O. The molecule has 1 heterocycles. The first-order valence-electron chi connectivity index (χ1n) is 3.76. The van der Waals surface area contributed by atoms with Crippen molar-refractivity contribution in [3.8, 4) is 0 Å². The largest absolute Gasteiger partial charge is 0.377 e. The van der Waals surface area contributed by atoms with Gasteiger partial charge in [-0.2, -0.15) is 0 Å². The summed E-state index contributed by atoms with van der Waals surface area (Å²) in [6, 6.07) is 0. The maximum Gasteiger partial charge on any atom is 0.232 e. The molecule has 0 radical (unpaired) electrons. The molecule has 0 saturated carbocycles. The molecule has 2 amide bonds. The number of nitrogens with one attached hydrogen (secondary N) is 1. The zero-order valence-corrected chi connectivity index (χ0v) is 6.71. The minimum absolute atomic E-state index is 0.216. The van der Waals surface area contributed by atoms with E-state index < -0.39 is 0 Å². The number of hydrogen-bond acceptors (Lipinski definition) is 3. The molecule has 1 aliphatic heterocycles. The van der Waals surface area contributed by atoms with E-state index in [2.05, 4.69) is 11.9 Å². The average molecular weight is 169 g/mol. The Labute approximate surface area is 70.6 Å². The molecule has 0 aromatic carbocycles. The number of rotatable bonds is 4. The summed E-state index contributed by atoms with van der Waals surface area (Å²) in [7, 11) is 0. The normalized spacial score (nSPS) is 22.5. The predicted molar refractivity (Wildman–Crippen MR) is 42.3 cm³/mol. The molecule has 12 heavy (non-hydrogen) atoms. The predicted octanol–water partition coefficient (Wildman–Crippen LogP) is -0.148. The highest BCUT2D eigenvalue weighted by atomic mass is 16.5. The van der Waals surface area contributed by atoms with Gasteiger partial charge in [-0.05, 0) is 0 Å². The van der Waals surface area contributed by atoms with Crippen molar-refractivity contribution in [1.82, 2.24) is 5.32 Å². The van der Waals surface area contributed by atoms with E-state index in [1.54, 1.807) is 6.08 Å². The van der Waals surface area contributed by atoms with Gasteiger partial charge in [-0.25, -0.2) is 0 Å². The van der Waals surface area contributed by atoms with Crippen molar-refractivity contribution in [1.29, 1.82) is 0 Å². The van der Waals surface area contributed by atoms with E-state index in [9.17, 15) is 9.59 Å². The molecule has 0 aromatic heterocycles. The van der Waals surface area contributed by atoms with Gasteiger partial charge in [-0.15, -0.1) is 6.58 Å². The van der Waals surface area contributed by atoms with Gasteiger partial charge < -0.3 is 4.74 Å². The molecule has 0 spiro atoms. The molecular weight excluding hydrogens is 158 g/mol. The van der Waals surface area contributed by atoms with Gasteiger partial charge in [0.2, 0.25) is 11.8 Å². The smallest absolute Gasteiger partial charge is 0.232 e. The summed E-state index contributed by atoms with van der Waals surface area (Å²) in [5.74, 6) is -0.756. The van der Waals surface area contributed by atoms with Gasteiger partial charge in [-0.3, -0.25) is 14.9 Å². The summed E-state index contributed by atoms with van der Waals surface area (Å²) < 4.78 is 5.05. The van der Waals surface area contributed by atoms with Crippen LogP contribution in [0.3, 0.4) is 0 Å². The lowest BCUT2D eigenvalue weighted by molar-refractivity contribution is -0.126. The monoisotopic (exact) mass is 169 g/mol. The molecule has 1 rings (SSSR count). The first-order chi connectivity index (χ1) is 5.74. The topological polar surface area (TPSA) is 55.4 Å². The molecule has 4 nitrogen and oxygen atoms in total. The Morgan fingerprint density at radius 1 is 1.67 bits per heavy atom. The molecule has 1 aliphatic rings. The zero-order valence-electron chi connectivity index (χ0n) is 6.71. The molecule has 4 heteroatoms. The van der Waals surface area contributed by atoms with E-state index in [1.807, 2.05) is 0 Å². The lowest BCUT2D eigenvalue weighted by atomic mass is 10.1. The highest BCUT2D eigenvalue weighted by Crippen LogP contribution is 2.10. The number of hydrogen-bond donors (Lipinski definition) is 1. The van der Waals surface area contributed by atoms with Crippen LogP contribution in [0.1, 0.15) is 6.42 Å². The van der Waals surface area contributed by atoms with Gasteiger partial charge in [0, 0.05) is 6.42 Å². The fourth-order valence-corrected chi connectivity index (χ4v) is 1.04. The summed E-state index contributed by atoms with van der Waals surface area (Å²) >= 11 is 0. The van der Waals surface area contributed by atoms with Gasteiger partial charge in [0.05, 0.1) is 19.1 Å². The molecular formula is C8H11NO3. The number of carbonyl (C=O) groups excluding carboxylic acids is 2. The minimum atomic E-state index is -0.308. The molecule has 1 N–H and O–H groups in total. The number of imide groups is 1. The van der Waals surface area contributed by atoms with Gasteiger partial charge in [-0.1, -0.05) is 6.08 Å². The Hall–Kier alpha value is -1.16. The van der Waals surface area contributed by atoms with Crippen LogP contribution in [0.4, 0.5) is 0 Å². The summed E-state index contributed by atoms with van der Waals surface area (Å²) in [6.45, 7) is 4.18. The van der Waals surface area contributed by atoms with Crippen molar-refractivity contribution in [3.05, 3.63) is 12.7 Å². The van der Waals surface area contributed by atoms with E-state index >= 15 is 0 Å². The van der Waals surface area contributed by atoms with Crippen LogP contribution in [0.5, 0.6) is 0 Å². The maximum atomic E-state index is 10.9. The first-order valence-corrected chi connectivity index (χ1v) is 3.76. The highest BCUT2D eigenvalue weighted by molar-refractivity contribution is 6.03. The third kappa shape index (κ3) is 2.17. The van der Waals surface area contributed by atoms with Gasteiger partial charge in [0.1, 0.15) is 0 Å². The summed E-state index contributed by atoms with van der Waals surface area (Å²) in [4.78, 5) is 21.6. The number of carbonyl (C=O) groups is 2. The number of amides is 2. The van der Waals surface area contributed by atoms with Crippen molar-refractivity contribution in [3.63, 3.8) is 0 Å². The van der Waals surface area contributed by atoms with E-state index in [0.717, 1.165) is 0 Å². The van der Waals surface area contributed by atoms with Crippen molar-refractivity contribution >= 4 is 11.8 Å². The van der Waals surface area contributed by atoms with Crippen molar-refractivity contribution in [2.45, 2.75) is 6.42 Å². The van der Waals surface area contributed by atoms with Crippen LogP contribution >= 0.6 is 0 Å². The van der Waals surface area contributed by atoms with Crippen LogP contribution in [0.2, 0.25) is 0 Å². The van der Waals surface area contributed by atoms with Crippen LogP contribution in [0.15, 0.2) is 12.7 Å². The third-order valence-corrected chi connectivity index (χ3v) is 1.62. The summed E-state index contributed by atoms with van der Waals surface area (Å²) in [5.41, 5.74) is 0. The first kappa shape index (κ1) is 8.93. The molecule has 1 fully saturated rings. The molecule has 66 valence electrons. The van der Waals surface area contributed by atoms with E-state index in [4.69, 9.17) is 4.74 Å². The summed E-state index contributed by atoms with van der Waals surface area (Å²) in [6.07, 6.45) is 1.85. The fourth-order valence-electron chi connectivity index (χ4n) is 1.04. The molecule has 1 saturated heterocycles. The Balaban J connectivity index is 2.28. The zero-order chi connectivity index (χ0) is 8.97. The lowest BCUT2D eigenvalue weighted by Crippen LogP contribution is -2.24. The Bertz CT molecular complexity index is 212. The van der Waals surface area contributed by atoms with Crippen molar-refractivity contribution < 1.29 is 14.3 Å². The molecule has 1 atom stereocenters. The Morgan fingerprint density at radius 2 is 2.42 bits per heavy atom. The van der Waals surface area contributed by atoms with E-state index in [0.29, 0.717) is 13.2 Å². The van der Waals surface area contributed by atoms with Gasteiger partial charge in [0.15, 0.2) is 0 Å². The number of ether oxygens (including phenoxy) is 1. The minimum Gasteiger partial charge on any atom is -0.377 e. The standard InChI is InChI=1S/C8H11NO3/c1-2-3-12-5-6-4-7(10)9-8(6)11/h2,6H,1,3-5H2,(H,9,10,11).